The summed E-state index contributed by atoms with van der Waals surface area (Å²) in [6, 6.07) is 3.55. The van der Waals surface area contributed by atoms with Gasteiger partial charge in [0.15, 0.2) is 0 Å². The van der Waals surface area contributed by atoms with Crippen molar-refractivity contribution >= 4 is 0 Å². The molecule has 0 aliphatic carbocycles. The number of aromatic amines is 1. The van der Waals surface area contributed by atoms with Crippen molar-refractivity contribution in [3.63, 3.8) is 0 Å². The lowest BCUT2D eigenvalue weighted by molar-refractivity contribution is 0.226. The number of hydrogen-bond acceptors (Lipinski definition) is 7. The van der Waals surface area contributed by atoms with Gasteiger partial charge in [0.05, 0.1) is 12.8 Å². The topological polar surface area (TPSA) is 96.3 Å². The SMILES string of the molecule is O=c1[nH]c(-c2ccc(OCCCCN3CCNCC3)cn2)no1. The van der Waals surface area contributed by atoms with Crippen molar-refractivity contribution in [2.75, 3.05) is 39.3 Å². The van der Waals surface area contributed by atoms with Crippen LogP contribution >= 0.6 is 0 Å². The number of hydrogen-bond donors (Lipinski definition) is 2. The van der Waals surface area contributed by atoms with Gasteiger partial charge in [0.2, 0.25) is 5.82 Å². The zero-order valence-electron chi connectivity index (χ0n) is 13.0. The Hall–Kier alpha value is -2.19. The van der Waals surface area contributed by atoms with Crippen LogP contribution in [0.2, 0.25) is 0 Å². The lowest BCUT2D eigenvalue weighted by Crippen LogP contribution is -2.43. The van der Waals surface area contributed by atoms with E-state index in [4.69, 9.17) is 4.74 Å². The average Bonchev–Trinajstić information content (AvgIpc) is 3.03. The maximum atomic E-state index is 10.9. The third-order valence-electron chi connectivity index (χ3n) is 3.77. The van der Waals surface area contributed by atoms with Gasteiger partial charge in [-0.2, -0.15) is 0 Å². The Morgan fingerprint density at radius 2 is 2.13 bits per heavy atom. The molecule has 2 N–H and O–H groups in total. The van der Waals surface area contributed by atoms with Crippen LogP contribution in [0.3, 0.4) is 0 Å². The van der Waals surface area contributed by atoms with Crippen LogP contribution in [0.15, 0.2) is 27.6 Å². The highest BCUT2D eigenvalue weighted by Gasteiger charge is 2.08. The maximum absolute atomic E-state index is 10.9. The molecular weight excluding hydrogens is 298 g/mol. The molecule has 1 saturated heterocycles. The Balaban J connectivity index is 1.38. The largest absolute Gasteiger partial charge is 0.492 e. The van der Waals surface area contributed by atoms with E-state index in [1.807, 2.05) is 6.07 Å². The fourth-order valence-electron chi connectivity index (χ4n) is 2.51. The van der Waals surface area contributed by atoms with E-state index < -0.39 is 5.76 Å². The Kier molecular flexibility index (Phi) is 5.38. The van der Waals surface area contributed by atoms with Gasteiger partial charge in [0.1, 0.15) is 11.4 Å². The van der Waals surface area contributed by atoms with Gasteiger partial charge in [0.25, 0.3) is 0 Å². The van der Waals surface area contributed by atoms with Gasteiger partial charge < -0.3 is 15.0 Å². The summed E-state index contributed by atoms with van der Waals surface area (Å²) in [5.41, 5.74) is 0.543. The molecule has 1 aliphatic heterocycles. The molecular formula is C15H21N5O3. The van der Waals surface area contributed by atoms with Crippen molar-refractivity contribution in [2.45, 2.75) is 12.8 Å². The maximum Gasteiger partial charge on any atom is 0.439 e. The second-order valence-electron chi connectivity index (χ2n) is 5.47. The van der Waals surface area contributed by atoms with E-state index in [0.29, 0.717) is 23.9 Å². The number of rotatable bonds is 7. The van der Waals surface area contributed by atoms with Crippen LogP contribution in [0.5, 0.6) is 5.75 Å². The summed E-state index contributed by atoms with van der Waals surface area (Å²) in [7, 11) is 0. The molecule has 0 saturated carbocycles. The summed E-state index contributed by atoms with van der Waals surface area (Å²) in [6.45, 7) is 6.25. The fraction of sp³-hybridized carbons (Fsp3) is 0.533. The molecule has 23 heavy (non-hydrogen) atoms. The molecule has 0 radical (unpaired) electrons. The second kappa shape index (κ2) is 7.89. The predicted octanol–water partition coefficient (Wildman–Crippen LogP) is 0.489. The van der Waals surface area contributed by atoms with Crippen molar-refractivity contribution < 1.29 is 9.26 Å². The molecule has 0 spiro atoms. The molecule has 8 nitrogen and oxygen atoms in total. The van der Waals surface area contributed by atoms with Crippen molar-refractivity contribution in [1.82, 2.24) is 25.3 Å². The van der Waals surface area contributed by atoms with Gasteiger partial charge in [-0.15, -0.1) is 0 Å². The third-order valence-corrected chi connectivity index (χ3v) is 3.77. The Morgan fingerprint density at radius 3 is 2.83 bits per heavy atom. The number of piperazine rings is 1. The first kappa shape index (κ1) is 15.7. The van der Waals surface area contributed by atoms with Gasteiger partial charge in [-0.1, -0.05) is 5.16 Å². The minimum absolute atomic E-state index is 0.317. The van der Waals surface area contributed by atoms with E-state index in [1.165, 1.54) is 0 Å². The normalized spacial score (nSPS) is 15.7. The fourth-order valence-corrected chi connectivity index (χ4v) is 2.51. The number of unbranched alkanes of at least 4 members (excludes halogenated alkanes) is 1. The van der Waals surface area contributed by atoms with Crippen LogP contribution < -0.4 is 15.8 Å². The number of H-pyrrole nitrogens is 1. The summed E-state index contributed by atoms with van der Waals surface area (Å²) >= 11 is 0. The molecule has 3 heterocycles. The van der Waals surface area contributed by atoms with Crippen LogP contribution in [-0.2, 0) is 0 Å². The number of nitrogens with one attached hydrogen (secondary N) is 2. The molecule has 0 bridgehead atoms. The molecule has 2 aromatic heterocycles. The van der Waals surface area contributed by atoms with Crippen LogP contribution in [0.25, 0.3) is 11.5 Å². The van der Waals surface area contributed by atoms with Crippen LogP contribution in [-0.4, -0.2) is 59.4 Å². The van der Waals surface area contributed by atoms with Gasteiger partial charge >= 0.3 is 5.76 Å². The van der Waals surface area contributed by atoms with E-state index in [0.717, 1.165) is 45.6 Å². The first-order chi connectivity index (χ1) is 11.3. The number of ether oxygens (including phenoxy) is 1. The van der Waals surface area contributed by atoms with E-state index in [2.05, 4.69) is 29.9 Å². The average molecular weight is 319 g/mol. The molecule has 2 aromatic rings. The Bertz CT molecular complexity index is 646. The van der Waals surface area contributed by atoms with E-state index in [9.17, 15) is 4.79 Å². The zero-order chi connectivity index (χ0) is 15.9. The van der Waals surface area contributed by atoms with E-state index >= 15 is 0 Å². The van der Waals surface area contributed by atoms with Gasteiger partial charge in [-0.05, 0) is 31.5 Å². The highest BCUT2D eigenvalue weighted by molar-refractivity contribution is 5.48. The first-order valence-electron chi connectivity index (χ1n) is 7.89. The number of pyridine rings is 1. The Morgan fingerprint density at radius 1 is 1.26 bits per heavy atom. The number of nitrogens with zero attached hydrogens (tertiary/aromatic N) is 3. The molecule has 1 aliphatic rings. The molecule has 3 rings (SSSR count). The lowest BCUT2D eigenvalue weighted by atomic mass is 10.2. The van der Waals surface area contributed by atoms with Crippen LogP contribution in [0.4, 0.5) is 0 Å². The third kappa shape index (κ3) is 4.64. The second-order valence-corrected chi connectivity index (χ2v) is 5.47. The summed E-state index contributed by atoms with van der Waals surface area (Å²) < 4.78 is 10.1. The van der Waals surface area contributed by atoms with E-state index in [-0.39, 0.29) is 0 Å². The highest BCUT2D eigenvalue weighted by atomic mass is 16.5. The molecule has 0 atom stereocenters. The molecule has 0 unspecified atom stereocenters. The summed E-state index contributed by atoms with van der Waals surface area (Å²) in [4.78, 5) is 20.0. The standard InChI is InChI=1S/C15H21N5O3/c21-15-18-14(19-23-15)13-4-3-12(11-17-13)22-10-2-1-7-20-8-5-16-6-9-20/h3-4,11,16H,1-2,5-10H2,(H,18,19,21). The Labute approximate surface area is 133 Å². The molecule has 124 valence electrons. The summed E-state index contributed by atoms with van der Waals surface area (Å²) in [5, 5.41) is 6.94. The van der Waals surface area contributed by atoms with Crippen molar-refractivity contribution in [3.05, 3.63) is 28.9 Å². The zero-order valence-corrected chi connectivity index (χ0v) is 13.0. The summed E-state index contributed by atoms with van der Waals surface area (Å²) in [5.74, 6) is 0.436. The molecule has 8 heteroatoms. The van der Waals surface area contributed by atoms with Crippen LogP contribution in [0.1, 0.15) is 12.8 Å². The predicted molar refractivity (Wildman–Crippen MR) is 84.4 cm³/mol. The minimum atomic E-state index is -0.591. The van der Waals surface area contributed by atoms with Gasteiger partial charge in [-0.3, -0.25) is 9.51 Å². The lowest BCUT2D eigenvalue weighted by Gasteiger charge is -2.26. The quantitative estimate of drug-likeness (QED) is 0.717. The highest BCUT2D eigenvalue weighted by Crippen LogP contribution is 2.15. The number of aromatic nitrogens is 3. The van der Waals surface area contributed by atoms with E-state index in [1.54, 1.807) is 12.3 Å². The smallest absolute Gasteiger partial charge is 0.439 e. The minimum Gasteiger partial charge on any atom is -0.492 e. The van der Waals surface area contributed by atoms with Crippen molar-refractivity contribution in [1.29, 1.82) is 0 Å². The monoisotopic (exact) mass is 319 g/mol. The molecule has 1 fully saturated rings. The summed E-state index contributed by atoms with van der Waals surface area (Å²) in [6.07, 6.45) is 3.77. The molecule has 0 amide bonds. The van der Waals surface area contributed by atoms with Crippen LogP contribution in [0, 0.1) is 0 Å². The van der Waals surface area contributed by atoms with Gasteiger partial charge in [-0.25, -0.2) is 9.78 Å². The van der Waals surface area contributed by atoms with Gasteiger partial charge in [0, 0.05) is 26.2 Å². The van der Waals surface area contributed by atoms with Crippen molar-refractivity contribution in [2.24, 2.45) is 0 Å². The first-order valence-corrected chi connectivity index (χ1v) is 7.89. The molecule has 0 aromatic carbocycles. The van der Waals surface area contributed by atoms with Crippen molar-refractivity contribution in [3.8, 4) is 17.3 Å².